The van der Waals surface area contributed by atoms with Gasteiger partial charge in [-0.1, -0.05) is 46.0 Å². The molecule has 0 radical (unpaired) electrons. The van der Waals surface area contributed by atoms with E-state index < -0.39 is 5.54 Å². The maximum Gasteiger partial charge on any atom is 0.249 e. The van der Waals surface area contributed by atoms with Crippen LogP contribution in [0.15, 0.2) is 0 Å². The number of hydrogen-bond acceptors (Lipinski definition) is 2. The molecule has 1 aliphatic heterocycles. The SMILES string of the molecule is CCC(C)C1C(=O)NC2(CCCC2)C(=O)N1C1CCCC1. The lowest BCUT2D eigenvalue weighted by atomic mass is 9.85. The lowest BCUT2D eigenvalue weighted by Crippen LogP contribution is -2.72. The van der Waals surface area contributed by atoms with Crippen LogP contribution in [0.25, 0.3) is 0 Å². The molecule has 1 N–H and O–H groups in total. The third-order valence-electron chi connectivity index (χ3n) is 5.93. The van der Waals surface area contributed by atoms with Gasteiger partial charge in [0.05, 0.1) is 0 Å². The molecule has 1 heterocycles. The molecule has 3 fully saturated rings. The van der Waals surface area contributed by atoms with Crippen LogP contribution in [0.2, 0.25) is 0 Å². The minimum absolute atomic E-state index is 0.0951. The van der Waals surface area contributed by atoms with Gasteiger partial charge in [0.1, 0.15) is 11.6 Å². The Kier molecular flexibility index (Phi) is 3.98. The summed E-state index contributed by atoms with van der Waals surface area (Å²) in [5.74, 6) is 0.544. The number of carbonyl (C=O) groups is 2. The molecule has 2 unspecified atom stereocenters. The van der Waals surface area contributed by atoms with E-state index in [4.69, 9.17) is 0 Å². The molecule has 0 aromatic rings. The maximum atomic E-state index is 13.2. The fourth-order valence-corrected chi connectivity index (χ4v) is 4.51. The van der Waals surface area contributed by atoms with Gasteiger partial charge in [0, 0.05) is 6.04 Å². The van der Waals surface area contributed by atoms with E-state index in [1.165, 1.54) is 12.8 Å². The van der Waals surface area contributed by atoms with Crippen molar-refractivity contribution in [1.29, 1.82) is 0 Å². The number of rotatable bonds is 3. The minimum Gasteiger partial charge on any atom is -0.340 e. The molecular formula is C17H28N2O2. The fourth-order valence-electron chi connectivity index (χ4n) is 4.51. The van der Waals surface area contributed by atoms with Crippen molar-refractivity contribution in [2.75, 3.05) is 0 Å². The second-order valence-corrected chi connectivity index (χ2v) is 7.26. The minimum atomic E-state index is -0.566. The van der Waals surface area contributed by atoms with Gasteiger partial charge in [-0.3, -0.25) is 9.59 Å². The zero-order valence-corrected chi connectivity index (χ0v) is 13.4. The lowest BCUT2D eigenvalue weighted by molar-refractivity contribution is -0.160. The van der Waals surface area contributed by atoms with E-state index in [0.717, 1.165) is 44.9 Å². The highest BCUT2D eigenvalue weighted by atomic mass is 16.2. The molecule has 2 atom stereocenters. The van der Waals surface area contributed by atoms with Crippen molar-refractivity contribution in [2.24, 2.45) is 5.92 Å². The predicted octanol–water partition coefficient (Wildman–Crippen LogP) is 2.61. The van der Waals surface area contributed by atoms with Gasteiger partial charge in [0.2, 0.25) is 11.8 Å². The molecule has 0 aromatic carbocycles. The largest absolute Gasteiger partial charge is 0.340 e. The summed E-state index contributed by atoms with van der Waals surface area (Å²) in [6.45, 7) is 4.21. The summed E-state index contributed by atoms with van der Waals surface area (Å²) in [5, 5.41) is 3.13. The summed E-state index contributed by atoms with van der Waals surface area (Å²) in [5.41, 5.74) is -0.566. The van der Waals surface area contributed by atoms with E-state index in [9.17, 15) is 9.59 Å². The normalized spacial score (nSPS) is 31.0. The number of amides is 2. The predicted molar refractivity (Wildman–Crippen MR) is 81.7 cm³/mol. The third-order valence-corrected chi connectivity index (χ3v) is 5.93. The average molecular weight is 292 g/mol. The first kappa shape index (κ1) is 14.9. The van der Waals surface area contributed by atoms with Gasteiger partial charge in [0.15, 0.2) is 0 Å². The van der Waals surface area contributed by atoms with Gasteiger partial charge >= 0.3 is 0 Å². The van der Waals surface area contributed by atoms with Crippen molar-refractivity contribution in [3.05, 3.63) is 0 Å². The summed E-state index contributed by atoms with van der Waals surface area (Å²) >= 11 is 0. The Labute approximate surface area is 127 Å². The molecule has 2 amide bonds. The number of carbonyl (C=O) groups excluding carboxylic acids is 2. The molecule has 118 valence electrons. The number of nitrogens with one attached hydrogen (secondary N) is 1. The quantitative estimate of drug-likeness (QED) is 0.869. The molecule has 4 heteroatoms. The molecule has 4 nitrogen and oxygen atoms in total. The molecule has 2 saturated carbocycles. The highest BCUT2D eigenvalue weighted by molar-refractivity contribution is 6.00. The Balaban J connectivity index is 1.93. The van der Waals surface area contributed by atoms with E-state index in [-0.39, 0.29) is 23.8 Å². The van der Waals surface area contributed by atoms with Crippen LogP contribution < -0.4 is 5.32 Å². The molecule has 3 aliphatic rings. The van der Waals surface area contributed by atoms with Gasteiger partial charge in [-0.25, -0.2) is 0 Å². The molecule has 21 heavy (non-hydrogen) atoms. The summed E-state index contributed by atoms with van der Waals surface area (Å²) in [7, 11) is 0. The van der Waals surface area contributed by atoms with Crippen molar-refractivity contribution in [3.8, 4) is 0 Å². The Morgan fingerprint density at radius 2 is 1.81 bits per heavy atom. The van der Waals surface area contributed by atoms with Crippen molar-refractivity contribution < 1.29 is 9.59 Å². The topological polar surface area (TPSA) is 49.4 Å². The Hall–Kier alpha value is -1.06. The van der Waals surface area contributed by atoms with E-state index in [1.807, 2.05) is 4.90 Å². The van der Waals surface area contributed by atoms with Gasteiger partial charge in [0.25, 0.3) is 0 Å². The first-order valence-corrected chi connectivity index (χ1v) is 8.74. The standard InChI is InChI=1S/C17H28N2O2/c1-3-12(2)14-15(20)18-17(10-6-7-11-17)16(21)19(14)13-8-4-5-9-13/h12-14H,3-11H2,1-2H3,(H,18,20). The lowest BCUT2D eigenvalue weighted by Gasteiger charge is -2.48. The number of hydrogen-bond donors (Lipinski definition) is 1. The molecule has 0 aromatic heterocycles. The molecular weight excluding hydrogens is 264 g/mol. The zero-order chi connectivity index (χ0) is 15.0. The van der Waals surface area contributed by atoms with Gasteiger partial charge in [-0.15, -0.1) is 0 Å². The van der Waals surface area contributed by atoms with Crippen LogP contribution in [0.4, 0.5) is 0 Å². The molecule has 1 spiro atoms. The summed E-state index contributed by atoms with van der Waals surface area (Å²) < 4.78 is 0. The second kappa shape index (κ2) is 5.62. The van der Waals surface area contributed by atoms with Crippen LogP contribution in [-0.2, 0) is 9.59 Å². The zero-order valence-electron chi connectivity index (χ0n) is 13.4. The average Bonchev–Trinajstić information content (AvgIpc) is 3.14. The molecule has 2 aliphatic carbocycles. The summed E-state index contributed by atoms with van der Waals surface area (Å²) in [6, 6.07) is 0.0387. The molecule has 3 rings (SSSR count). The Bertz CT molecular complexity index is 423. The van der Waals surface area contributed by atoms with Crippen molar-refractivity contribution in [1.82, 2.24) is 10.2 Å². The van der Waals surface area contributed by atoms with Crippen LogP contribution in [0.5, 0.6) is 0 Å². The van der Waals surface area contributed by atoms with E-state index in [2.05, 4.69) is 19.2 Å². The Morgan fingerprint density at radius 3 is 2.38 bits per heavy atom. The highest BCUT2D eigenvalue weighted by Gasteiger charge is 2.54. The van der Waals surface area contributed by atoms with Crippen molar-refractivity contribution >= 4 is 11.8 Å². The first-order chi connectivity index (χ1) is 10.1. The summed E-state index contributed by atoms with van der Waals surface area (Å²) in [4.78, 5) is 28.0. The van der Waals surface area contributed by atoms with Crippen LogP contribution in [0.3, 0.4) is 0 Å². The van der Waals surface area contributed by atoms with E-state index in [0.29, 0.717) is 6.04 Å². The maximum absolute atomic E-state index is 13.2. The number of piperazine rings is 1. The fraction of sp³-hybridized carbons (Fsp3) is 0.882. The number of nitrogens with zero attached hydrogens (tertiary/aromatic N) is 1. The van der Waals surface area contributed by atoms with Crippen LogP contribution in [0.1, 0.15) is 71.6 Å². The summed E-state index contributed by atoms with van der Waals surface area (Å²) in [6.07, 6.45) is 9.22. The van der Waals surface area contributed by atoms with Gasteiger partial charge in [-0.2, -0.15) is 0 Å². The second-order valence-electron chi connectivity index (χ2n) is 7.26. The van der Waals surface area contributed by atoms with Crippen LogP contribution >= 0.6 is 0 Å². The van der Waals surface area contributed by atoms with Crippen molar-refractivity contribution in [3.63, 3.8) is 0 Å². The van der Waals surface area contributed by atoms with Crippen LogP contribution in [-0.4, -0.2) is 34.3 Å². The smallest absolute Gasteiger partial charge is 0.249 e. The van der Waals surface area contributed by atoms with Crippen molar-refractivity contribution in [2.45, 2.75) is 89.3 Å². The van der Waals surface area contributed by atoms with E-state index in [1.54, 1.807) is 0 Å². The van der Waals surface area contributed by atoms with E-state index >= 15 is 0 Å². The van der Waals surface area contributed by atoms with Gasteiger partial charge in [-0.05, 0) is 31.6 Å². The molecule has 0 bridgehead atoms. The third kappa shape index (κ3) is 2.36. The first-order valence-electron chi connectivity index (χ1n) is 8.74. The van der Waals surface area contributed by atoms with Gasteiger partial charge < -0.3 is 10.2 Å². The molecule has 1 saturated heterocycles. The monoisotopic (exact) mass is 292 g/mol. The Morgan fingerprint density at radius 1 is 1.19 bits per heavy atom. The highest BCUT2D eigenvalue weighted by Crippen LogP contribution is 2.39. The van der Waals surface area contributed by atoms with Crippen LogP contribution in [0, 0.1) is 5.92 Å².